The van der Waals surface area contributed by atoms with Crippen molar-refractivity contribution < 1.29 is 8.78 Å². The predicted octanol–water partition coefficient (Wildman–Crippen LogP) is 5.73. The van der Waals surface area contributed by atoms with Crippen molar-refractivity contribution >= 4 is 38.9 Å². The molecule has 1 aromatic heterocycles. The molecule has 0 saturated heterocycles. The SMILES string of the molecule is Cc1cc(Br)c(C(Cl)c2c(F)ccc(C)c2F)s1. The number of halogens is 4. The zero-order valence-electron chi connectivity index (χ0n) is 9.73. The molecule has 0 nitrogen and oxygen atoms in total. The van der Waals surface area contributed by atoms with Crippen LogP contribution in [0, 0.1) is 25.5 Å². The van der Waals surface area contributed by atoms with Gasteiger partial charge < -0.3 is 0 Å². The van der Waals surface area contributed by atoms with Gasteiger partial charge in [-0.1, -0.05) is 6.07 Å². The average molecular weight is 352 g/mol. The van der Waals surface area contributed by atoms with Crippen LogP contribution in [-0.2, 0) is 0 Å². The van der Waals surface area contributed by atoms with E-state index in [2.05, 4.69) is 15.9 Å². The molecule has 0 saturated carbocycles. The molecule has 0 amide bonds. The van der Waals surface area contributed by atoms with Gasteiger partial charge in [-0.2, -0.15) is 0 Å². The van der Waals surface area contributed by atoms with Crippen LogP contribution in [0.25, 0.3) is 0 Å². The molecule has 2 rings (SSSR count). The Hall–Kier alpha value is -0.450. The van der Waals surface area contributed by atoms with Crippen LogP contribution in [-0.4, -0.2) is 0 Å². The number of thiophene rings is 1. The van der Waals surface area contributed by atoms with Gasteiger partial charge >= 0.3 is 0 Å². The quantitative estimate of drug-likeness (QED) is 0.606. The Morgan fingerprint density at radius 1 is 1.28 bits per heavy atom. The Morgan fingerprint density at radius 3 is 2.50 bits per heavy atom. The van der Waals surface area contributed by atoms with Gasteiger partial charge in [-0.25, -0.2) is 8.78 Å². The highest BCUT2D eigenvalue weighted by Gasteiger charge is 2.24. The molecule has 0 fully saturated rings. The van der Waals surface area contributed by atoms with Crippen LogP contribution < -0.4 is 0 Å². The van der Waals surface area contributed by atoms with Crippen LogP contribution in [0.2, 0.25) is 0 Å². The van der Waals surface area contributed by atoms with Gasteiger partial charge in [0.1, 0.15) is 11.6 Å². The van der Waals surface area contributed by atoms with Crippen molar-refractivity contribution in [3.8, 4) is 0 Å². The fourth-order valence-corrected chi connectivity index (χ4v) is 4.17. The van der Waals surface area contributed by atoms with Gasteiger partial charge in [-0.3, -0.25) is 0 Å². The monoisotopic (exact) mass is 350 g/mol. The van der Waals surface area contributed by atoms with Gasteiger partial charge in [0.2, 0.25) is 0 Å². The van der Waals surface area contributed by atoms with E-state index < -0.39 is 17.0 Å². The Labute approximate surface area is 122 Å². The number of rotatable bonds is 2. The van der Waals surface area contributed by atoms with E-state index in [9.17, 15) is 8.78 Å². The maximum Gasteiger partial charge on any atom is 0.134 e. The minimum absolute atomic E-state index is 0.0841. The van der Waals surface area contributed by atoms with E-state index in [-0.39, 0.29) is 5.56 Å². The summed E-state index contributed by atoms with van der Waals surface area (Å²) < 4.78 is 28.6. The Kier molecular flexibility index (Phi) is 4.09. The van der Waals surface area contributed by atoms with Crippen LogP contribution in [0.15, 0.2) is 22.7 Å². The highest BCUT2D eigenvalue weighted by Crippen LogP contribution is 2.41. The summed E-state index contributed by atoms with van der Waals surface area (Å²) in [5.41, 5.74) is 0.306. The van der Waals surface area contributed by atoms with Gasteiger partial charge in [0, 0.05) is 19.8 Å². The van der Waals surface area contributed by atoms with Crippen molar-refractivity contribution in [1.29, 1.82) is 0 Å². The lowest BCUT2D eigenvalue weighted by Gasteiger charge is -2.12. The van der Waals surface area contributed by atoms with E-state index in [1.165, 1.54) is 23.5 Å². The molecule has 0 aliphatic heterocycles. The molecule has 96 valence electrons. The second-order valence-corrected chi connectivity index (χ2v) is 6.60. The summed E-state index contributed by atoms with van der Waals surface area (Å²) in [4.78, 5) is 1.76. The standard InChI is InChI=1S/C13H10BrClF2S/c1-6-3-4-9(16)10(12(6)17)11(15)13-8(14)5-7(2)18-13/h3-5,11H,1-2H3. The number of alkyl halides is 1. The summed E-state index contributed by atoms with van der Waals surface area (Å²) in [5, 5.41) is -0.821. The van der Waals surface area contributed by atoms with Crippen molar-refractivity contribution in [2.24, 2.45) is 0 Å². The lowest BCUT2D eigenvalue weighted by atomic mass is 10.1. The largest absolute Gasteiger partial charge is 0.207 e. The van der Waals surface area contributed by atoms with E-state index in [1.807, 2.05) is 13.0 Å². The molecule has 1 unspecified atom stereocenters. The van der Waals surface area contributed by atoms with E-state index in [1.54, 1.807) is 6.92 Å². The lowest BCUT2D eigenvalue weighted by Crippen LogP contribution is -2.02. The Bertz CT molecular complexity index is 595. The minimum atomic E-state index is -0.821. The number of hydrogen-bond donors (Lipinski definition) is 0. The maximum atomic E-state index is 14.0. The summed E-state index contributed by atoms with van der Waals surface area (Å²) in [6.07, 6.45) is 0. The van der Waals surface area contributed by atoms with Crippen LogP contribution in [0.1, 0.15) is 26.3 Å². The fourth-order valence-electron chi connectivity index (χ4n) is 1.72. The summed E-state index contributed by atoms with van der Waals surface area (Å²) in [7, 11) is 0. The third kappa shape index (κ3) is 2.46. The molecular formula is C13H10BrClF2S. The van der Waals surface area contributed by atoms with Gasteiger partial charge in [0.25, 0.3) is 0 Å². The first-order valence-corrected chi connectivity index (χ1v) is 7.30. The molecule has 0 aliphatic rings. The molecule has 18 heavy (non-hydrogen) atoms. The number of benzene rings is 1. The Morgan fingerprint density at radius 2 is 1.94 bits per heavy atom. The molecule has 1 aromatic carbocycles. The van der Waals surface area contributed by atoms with Crippen LogP contribution in [0.5, 0.6) is 0 Å². The molecule has 1 atom stereocenters. The third-order valence-electron chi connectivity index (χ3n) is 2.64. The van der Waals surface area contributed by atoms with Crippen molar-refractivity contribution in [2.75, 3.05) is 0 Å². The summed E-state index contributed by atoms with van der Waals surface area (Å²) in [6, 6.07) is 4.55. The molecule has 0 spiro atoms. The predicted molar refractivity (Wildman–Crippen MR) is 75.5 cm³/mol. The summed E-state index contributed by atoms with van der Waals surface area (Å²) in [6.45, 7) is 3.52. The zero-order valence-corrected chi connectivity index (χ0v) is 12.9. The fraction of sp³-hybridized carbons (Fsp3) is 0.231. The first-order chi connectivity index (χ1) is 8.41. The lowest BCUT2D eigenvalue weighted by molar-refractivity contribution is 0.554. The zero-order chi connectivity index (χ0) is 13.4. The first kappa shape index (κ1) is 14.0. The number of hydrogen-bond acceptors (Lipinski definition) is 1. The average Bonchev–Trinajstić information content (AvgIpc) is 2.63. The molecule has 2 aromatic rings. The smallest absolute Gasteiger partial charge is 0.134 e. The summed E-state index contributed by atoms with van der Waals surface area (Å²) in [5.74, 6) is -1.19. The highest BCUT2D eigenvalue weighted by molar-refractivity contribution is 9.10. The van der Waals surface area contributed by atoms with Crippen molar-refractivity contribution in [3.05, 3.63) is 55.2 Å². The molecule has 0 radical (unpaired) electrons. The van der Waals surface area contributed by atoms with Gasteiger partial charge in [0.05, 0.1) is 5.38 Å². The van der Waals surface area contributed by atoms with E-state index >= 15 is 0 Å². The molecule has 0 N–H and O–H groups in total. The van der Waals surface area contributed by atoms with Crippen LogP contribution in [0.4, 0.5) is 8.78 Å². The Balaban J connectivity index is 2.56. The second-order valence-electron chi connectivity index (χ2n) is 4.02. The maximum absolute atomic E-state index is 14.0. The number of aryl methyl sites for hydroxylation is 2. The molecular weight excluding hydrogens is 342 g/mol. The van der Waals surface area contributed by atoms with Gasteiger partial charge in [-0.05, 0) is 47.5 Å². The van der Waals surface area contributed by atoms with Crippen molar-refractivity contribution in [1.82, 2.24) is 0 Å². The molecule has 0 bridgehead atoms. The topological polar surface area (TPSA) is 0 Å². The minimum Gasteiger partial charge on any atom is -0.207 e. The summed E-state index contributed by atoms with van der Waals surface area (Å²) >= 11 is 11.0. The van der Waals surface area contributed by atoms with Crippen LogP contribution >= 0.6 is 38.9 Å². The van der Waals surface area contributed by atoms with E-state index in [0.29, 0.717) is 5.56 Å². The van der Waals surface area contributed by atoms with Crippen molar-refractivity contribution in [2.45, 2.75) is 19.2 Å². The molecule has 0 aliphatic carbocycles. The van der Waals surface area contributed by atoms with Gasteiger partial charge in [0.15, 0.2) is 0 Å². The van der Waals surface area contributed by atoms with Crippen LogP contribution in [0.3, 0.4) is 0 Å². The van der Waals surface area contributed by atoms with Crippen molar-refractivity contribution in [3.63, 3.8) is 0 Å². The second kappa shape index (κ2) is 5.27. The van der Waals surface area contributed by atoms with E-state index in [0.717, 1.165) is 14.2 Å². The highest BCUT2D eigenvalue weighted by atomic mass is 79.9. The normalized spacial score (nSPS) is 12.8. The van der Waals surface area contributed by atoms with E-state index in [4.69, 9.17) is 11.6 Å². The third-order valence-corrected chi connectivity index (χ3v) is 5.24. The first-order valence-electron chi connectivity index (χ1n) is 5.26. The molecule has 1 heterocycles. The van der Waals surface area contributed by atoms with Gasteiger partial charge in [-0.15, -0.1) is 22.9 Å². The molecule has 5 heteroatoms.